The van der Waals surface area contributed by atoms with Gasteiger partial charge in [0.1, 0.15) is 5.75 Å². The van der Waals surface area contributed by atoms with Crippen molar-refractivity contribution < 1.29 is 18.6 Å². The van der Waals surface area contributed by atoms with Crippen molar-refractivity contribution in [1.29, 1.82) is 0 Å². The minimum absolute atomic E-state index is 0.0467. The van der Waals surface area contributed by atoms with Crippen LogP contribution in [0.2, 0.25) is 0 Å². The van der Waals surface area contributed by atoms with Gasteiger partial charge in [-0.15, -0.1) is 0 Å². The quantitative estimate of drug-likeness (QED) is 0.908. The zero-order valence-electron chi connectivity index (χ0n) is 9.44. The number of aliphatic hydroxyl groups excluding tert-OH is 1. The van der Waals surface area contributed by atoms with Gasteiger partial charge in [-0.3, -0.25) is 0 Å². The Labute approximate surface area is 103 Å². The summed E-state index contributed by atoms with van der Waals surface area (Å²) in [7, 11) is 0. The molecule has 0 aliphatic heterocycles. The molecule has 5 heteroatoms. The fraction of sp³-hybridized carbons (Fsp3) is 0.154. The molecule has 0 atom stereocenters. The molecule has 0 saturated carbocycles. The molecule has 1 heterocycles. The number of pyridine rings is 1. The number of rotatable bonds is 4. The maximum Gasteiger partial charge on any atom is 0.219 e. The van der Waals surface area contributed by atoms with Gasteiger partial charge in [-0.05, 0) is 24.1 Å². The Morgan fingerprint density at radius 3 is 2.56 bits per heavy atom. The predicted molar refractivity (Wildman–Crippen MR) is 61.5 cm³/mol. The average molecular weight is 251 g/mol. The summed E-state index contributed by atoms with van der Waals surface area (Å²) in [5.74, 6) is -1.43. The summed E-state index contributed by atoms with van der Waals surface area (Å²) in [6.45, 7) is 0.0467. The minimum atomic E-state index is -0.968. The summed E-state index contributed by atoms with van der Waals surface area (Å²) in [6.07, 6.45) is 2.07. The standard InChI is InChI=1S/C13H11F2NO2/c14-11-3-2-10(7-12(11)15)18-13-4-1-9(5-6-17)8-16-13/h1-4,7-8,17H,5-6H2. The Morgan fingerprint density at radius 2 is 1.94 bits per heavy atom. The molecule has 18 heavy (non-hydrogen) atoms. The van der Waals surface area contributed by atoms with Gasteiger partial charge in [0.15, 0.2) is 11.6 Å². The molecule has 0 bridgehead atoms. The molecular weight excluding hydrogens is 240 g/mol. The lowest BCUT2D eigenvalue weighted by atomic mass is 10.2. The van der Waals surface area contributed by atoms with E-state index in [9.17, 15) is 8.78 Å². The first-order valence-corrected chi connectivity index (χ1v) is 5.38. The lowest BCUT2D eigenvalue weighted by Gasteiger charge is -2.05. The summed E-state index contributed by atoms with van der Waals surface area (Å²) in [6, 6.07) is 6.62. The number of hydrogen-bond donors (Lipinski definition) is 1. The molecular formula is C13H11F2NO2. The van der Waals surface area contributed by atoms with Crippen molar-refractivity contribution in [2.75, 3.05) is 6.61 Å². The van der Waals surface area contributed by atoms with Crippen molar-refractivity contribution in [1.82, 2.24) is 4.98 Å². The molecule has 94 valence electrons. The van der Waals surface area contributed by atoms with Crippen LogP contribution in [-0.2, 0) is 6.42 Å². The zero-order valence-corrected chi connectivity index (χ0v) is 9.44. The topological polar surface area (TPSA) is 42.4 Å². The number of halogens is 2. The van der Waals surface area contributed by atoms with E-state index in [0.717, 1.165) is 17.7 Å². The molecule has 0 spiro atoms. The molecule has 0 radical (unpaired) electrons. The van der Waals surface area contributed by atoms with Gasteiger partial charge in [-0.25, -0.2) is 13.8 Å². The van der Waals surface area contributed by atoms with Crippen LogP contribution < -0.4 is 4.74 Å². The number of hydrogen-bond acceptors (Lipinski definition) is 3. The van der Waals surface area contributed by atoms with E-state index < -0.39 is 11.6 Å². The highest BCUT2D eigenvalue weighted by atomic mass is 19.2. The van der Waals surface area contributed by atoms with Crippen molar-refractivity contribution >= 4 is 0 Å². The second-order valence-corrected chi connectivity index (χ2v) is 3.66. The van der Waals surface area contributed by atoms with Crippen LogP contribution >= 0.6 is 0 Å². The van der Waals surface area contributed by atoms with E-state index in [1.807, 2.05) is 0 Å². The summed E-state index contributed by atoms with van der Waals surface area (Å²) in [5, 5.41) is 8.74. The van der Waals surface area contributed by atoms with E-state index in [4.69, 9.17) is 9.84 Å². The van der Waals surface area contributed by atoms with E-state index >= 15 is 0 Å². The molecule has 0 aliphatic carbocycles. The highest BCUT2D eigenvalue weighted by Crippen LogP contribution is 2.21. The van der Waals surface area contributed by atoms with Crippen LogP contribution in [0.5, 0.6) is 11.6 Å². The van der Waals surface area contributed by atoms with Crippen molar-refractivity contribution in [3.05, 3.63) is 53.7 Å². The Hall–Kier alpha value is -2.01. The highest BCUT2D eigenvalue weighted by molar-refractivity contribution is 5.28. The summed E-state index contributed by atoms with van der Waals surface area (Å²) < 4.78 is 30.9. The van der Waals surface area contributed by atoms with Crippen LogP contribution in [0, 0.1) is 11.6 Å². The maximum absolute atomic E-state index is 12.9. The third-order valence-corrected chi connectivity index (χ3v) is 2.31. The van der Waals surface area contributed by atoms with Gasteiger partial charge < -0.3 is 9.84 Å². The molecule has 2 rings (SSSR count). The van der Waals surface area contributed by atoms with Crippen LogP contribution in [0.25, 0.3) is 0 Å². The van der Waals surface area contributed by atoms with Gasteiger partial charge >= 0.3 is 0 Å². The largest absolute Gasteiger partial charge is 0.439 e. The molecule has 0 unspecified atom stereocenters. The summed E-state index contributed by atoms with van der Waals surface area (Å²) in [4.78, 5) is 4.00. The number of aromatic nitrogens is 1. The van der Waals surface area contributed by atoms with Crippen molar-refractivity contribution in [2.24, 2.45) is 0 Å². The Kier molecular flexibility index (Phi) is 3.84. The van der Waals surface area contributed by atoms with Crippen LogP contribution in [0.4, 0.5) is 8.78 Å². The van der Waals surface area contributed by atoms with Crippen molar-refractivity contribution in [3.63, 3.8) is 0 Å². The zero-order chi connectivity index (χ0) is 13.0. The molecule has 1 N–H and O–H groups in total. The molecule has 0 fully saturated rings. The summed E-state index contributed by atoms with van der Waals surface area (Å²) >= 11 is 0. The second-order valence-electron chi connectivity index (χ2n) is 3.66. The van der Waals surface area contributed by atoms with Crippen LogP contribution in [0.15, 0.2) is 36.5 Å². The normalized spacial score (nSPS) is 10.4. The van der Waals surface area contributed by atoms with Crippen LogP contribution in [0.3, 0.4) is 0 Å². The Bertz CT molecular complexity index is 529. The number of ether oxygens (including phenoxy) is 1. The monoisotopic (exact) mass is 251 g/mol. The number of nitrogens with zero attached hydrogens (tertiary/aromatic N) is 1. The molecule has 3 nitrogen and oxygen atoms in total. The summed E-state index contributed by atoms with van der Waals surface area (Å²) in [5.41, 5.74) is 0.870. The van der Waals surface area contributed by atoms with Gasteiger partial charge in [0.25, 0.3) is 0 Å². The van der Waals surface area contributed by atoms with Gasteiger partial charge in [0.05, 0.1) is 0 Å². The van der Waals surface area contributed by atoms with E-state index in [1.165, 1.54) is 6.07 Å². The SMILES string of the molecule is OCCc1ccc(Oc2ccc(F)c(F)c2)nc1. The molecule has 0 amide bonds. The van der Waals surface area contributed by atoms with E-state index in [1.54, 1.807) is 18.3 Å². The number of aliphatic hydroxyl groups is 1. The first kappa shape index (κ1) is 12.4. The molecule has 2 aromatic rings. The molecule has 1 aromatic heterocycles. The van der Waals surface area contributed by atoms with Gasteiger partial charge in [-0.1, -0.05) is 6.07 Å². The van der Waals surface area contributed by atoms with Gasteiger partial charge in [0, 0.05) is 24.9 Å². The fourth-order valence-electron chi connectivity index (χ4n) is 1.41. The first-order chi connectivity index (χ1) is 8.69. The van der Waals surface area contributed by atoms with Crippen molar-refractivity contribution in [3.8, 4) is 11.6 Å². The van der Waals surface area contributed by atoms with E-state index in [0.29, 0.717) is 6.42 Å². The lowest BCUT2D eigenvalue weighted by Crippen LogP contribution is -1.94. The highest BCUT2D eigenvalue weighted by Gasteiger charge is 2.05. The molecule has 0 aliphatic rings. The molecule has 1 aromatic carbocycles. The Morgan fingerprint density at radius 1 is 1.11 bits per heavy atom. The van der Waals surface area contributed by atoms with Crippen LogP contribution in [0.1, 0.15) is 5.56 Å². The maximum atomic E-state index is 12.9. The lowest BCUT2D eigenvalue weighted by molar-refractivity contribution is 0.299. The second kappa shape index (κ2) is 5.55. The average Bonchev–Trinajstić information content (AvgIpc) is 2.37. The van der Waals surface area contributed by atoms with E-state index in [2.05, 4.69) is 4.98 Å². The van der Waals surface area contributed by atoms with Crippen molar-refractivity contribution in [2.45, 2.75) is 6.42 Å². The Balaban J connectivity index is 2.10. The van der Waals surface area contributed by atoms with E-state index in [-0.39, 0.29) is 18.2 Å². The minimum Gasteiger partial charge on any atom is -0.439 e. The first-order valence-electron chi connectivity index (χ1n) is 5.38. The van der Waals surface area contributed by atoms with Crippen LogP contribution in [-0.4, -0.2) is 16.7 Å². The van der Waals surface area contributed by atoms with Gasteiger partial charge in [0.2, 0.25) is 5.88 Å². The third kappa shape index (κ3) is 3.01. The third-order valence-electron chi connectivity index (χ3n) is 2.31. The smallest absolute Gasteiger partial charge is 0.219 e. The fourth-order valence-corrected chi connectivity index (χ4v) is 1.41. The number of benzene rings is 1. The predicted octanol–water partition coefficient (Wildman–Crippen LogP) is 2.69. The van der Waals surface area contributed by atoms with Gasteiger partial charge in [-0.2, -0.15) is 0 Å². The molecule has 0 saturated heterocycles.